The first-order valence-electron chi connectivity index (χ1n) is 8.71. The minimum Gasteiger partial charge on any atom is -0.356 e. The first-order valence-corrected chi connectivity index (χ1v) is 10.5. The van der Waals surface area contributed by atoms with Crippen LogP contribution >= 0.6 is 22.7 Å². The van der Waals surface area contributed by atoms with E-state index in [1.165, 1.54) is 23.8 Å². The minimum atomic E-state index is -0.0483. The van der Waals surface area contributed by atoms with Gasteiger partial charge in [-0.1, -0.05) is 30.3 Å². The second-order valence-electron chi connectivity index (χ2n) is 6.13. The fourth-order valence-corrected chi connectivity index (χ4v) is 4.04. The Labute approximate surface area is 166 Å². The van der Waals surface area contributed by atoms with Gasteiger partial charge in [0.2, 0.25) is 11.8 Å². The van der Waals surface area contributed by atoms with Gasteiger partial charge in [-0.3, -0.25) is 9.59 Å². The maximum Gasteiger partial charge on any atom is 0.231 e. The standard InChI is InChI=1S/C20H21N3O2S2/c1-14(24)21-10-2-4-15-6-8-16(9-7-15)18-13-27-20(22-18)23-19(25)12-17-5-3-11-26-17/h3,5-9,11,13H,2,4,10,12H2,1H3,(H,21,24)(H,22,23,25). The molecular weight excluding hydrogens is 378 g/mol. The van der Waals surface area contributed by atoms with Gasteiger partial charge >= 0.3 is 0 Å². The molecule has 0 fully saturated rings. The van der Waals surface area contributed by atoms with Gasteiger partial charge in [-0.2, -0.15) is 0 Å². The van der Waals surface area contributed by atoms with E-state index in [1.54, 1.807) is 11.3 Å². The third-order valence-electron chi connectivity index (χ3n) is 3.93. The monoisotopic (exact) mass is 399 g/mol. The molecule has 0 bridgehead atoms. The molecule has 0 aliphatic heterocycles. The van der Waals surface area contributed by atoms with E-state index in [0.717, 1.165) is 29.0 Å². The molecule has 2 amide bonds. The number of amides is 2. The Morgan fingerprint density at radius 3 is 2.63 bits per heavy atom. The lowest BCUT2D eigenvalue weighted by Crippen LogP contribution is -2.21. The van der Waals surface area contributed by atoms with Crippen molar-refractivity contribution >= 4 is 39.6 Å². The zero-order chi connectivity index (χ0) is 19.1. The summed E-state index contributed by atoms with van der Waals surface area (Å²) in [5.41, 5.74) is 3.11. The molecule has 1 aromatic carbocycles. The molecule has 140 valence electrons. The zero-order valence-electron chi connectivity index (χ0n) is 15.0. The topological polar surface area (TPSA) is 71.1 Å². The van der Waals surface area contributed by atoms with Gasteiger partial charge in [-0.15, -0.1) is 22.7 Å². The first-order chi connectivity index (χ1) is 13.1. The second kappa shape index (κ2) is 9.43. The fraction of sp³-hybridized carbons (Fsp3) is 0.250. The van der Waals surface area contributed by atoms with Crippen LogP contribution in [0.15, 0.2) is 47.2 Å². The van der Waals surface area contributed by atoms with Crippen LogP contribution < -0.4 is 10.6 Å². The molecule has 0 saturated heterocycles. The third kappa shape index (κ3) is 6.01. The van der Waals surface area contributed by atoms with Gasteiger partial charge in [0, 0.05) is 29.3 Å². The van der Waals surface area contributed by atoms with Crippen molar-refractivity contribution in [2.75, 3.05) is 11.9 Å². The number of aryl methyl sites for hydroxylation is 1. The van der Waals surface area contributed by atoms with E-state index in [-0.39, 0.29) is 11.8 Å². The van der Waals surface area contributed by atoms with Crippen LogP contribution in [0.3, 0.4) is 0 Å². The summed E-state index contributed by atoms with van der Waals surface area (Å²) in [7, 11) is 0. The highest BCUT2D eigenvalue weighted by atomic mass is 32.1. The Kier molecular flexibility index (Phi) is 6.73. The van der Waals surface area contributed by atoms with E-state index in [4.69, 9.17) is 0 Å². The number of benzene rings is 1. The Morgan fingerprint density at radius 1 is 1.11 bits per heavy atom. The van der Waals surface area contributed by atoms with Gasteiger partial charge in [0.25, 0.3) is 0 Å². The number of carbonyl (C=O) groups is 2. The van der Waals surface area contributed by atoms with Crippen molar-refractivity contribution < 1.29 is 9.59 Å². The van der Waals surface area contributed by atoms with Crippen LogP contribution in [-0.4, -0.2) is 23.3 Å². The SMILES string of the molecule is CC(=O)NCCCc1ccc(-c2csc(NC(=O)Cc3cccs3)n2)cc1. The Bertz CT molecular complexity index is 886. The summed E-state index contributed by atoms with van der Waals surface area (Å²) in [6.45, 7) is 2.22. The number of thiophene rings is 1. The third-order valence-corrected chi connectivity index (χ3v) is 5.57. The van der Waals surface area contributed by atoms with Gasteiger partial charge in [0.15, 0.2) is 5.13 Å². The van der Waals surface area contributed by atoms with Crippen LogP contribution in [-0.2, 0) is 22.4 Å². The highest BCUT2D eigenvalue weighted by Gasteiger charge is 2.09. The molecule has 5 nitrogen and oxygen atoms in total. The summed E-state index contributed by atoms with van der Waals surface area (Å²) in [6, 6.07) is 12.1. The van der Waals surface area contributed by atoms with E-state index in [9.17, 15) is 9.59 Å². The maximum absolute atomic E-state index is 12.1. The lowest BCUT2D eigenvalue weighted by Gasteiger charge is -2.04. The van der Waals surface area contributed by atoms with Gasteiger partial charge < -0.3 is 10.6 Å². The molecule has 2 N–H and O–H groups in total. The van der Waals surface area contributed by atoms with Crippen molar-refractivity contribution in [1.82, 2.24) is 10.3 Å². The van der Waals surface area contributed by atoms with Crippen molar-refractivity contribution in [1.29, 1.82) is 0 Å². The summed E-state index contributed by atoms with van der Waals surface area (Å²) >= 11 is 3.00. The summed E-state index contributed by atoms with van der Waals surface area (Å²) in [6.07, 6.45) is 2.21. The molecule has 0 spiro atoms. The summed E-state index contributed by atoms with van der Waals surface area (Å²) in [5, 5.41) is 10.2. The van der Waals surface area contributed by atoms with Crippen molar-refractivity contribution in [3.8, 4) is 11.3 Å². The second-order valence-corrected chi connectivity index (χ2v) is 8.02. The quantitative estimate of drug-likeness (QED) is 0.560. The number of rotatable bonds is 8. The molecule has 0 saturated carbocycles. The van der Waals surface area contributed by atoms with Gasteiger partial charge in [0.1, 0.15) is 0 Å². The van der Waals surface area contributed by atoms with Gasteiger partial charge in [0.05, 0.1) is 12.1 Å². The van der Waals surface area contributed by atoms with E-state index in [0.29, 0.717) is 18.1 Å². The number of thiazole rings is 1. The molecule has 3 rings (SSSR count). The summed E-state index contributed by atoms with van der Waals surface area (Å²) in [5.74, 6) is -0.0416. The van der Waals surface area contributed by atoms with E-state index < -0.39 is 0 Å². The summed E-state index contributed by atoms with van der Waals surface area (Å²) < 4.78 is 0. The van der Waals surface area contributed by atoms with E-state index in [1.807, 2.05) is 35.0 Å². The molecule has 0 aliphatic carbocycles. The molecule has 0 unspecified atom stereocenters. The number of aromatic nitrogens is 1. The molecular formula is C20H21N3O2S2. The highest BCUT2D eigenvalue weighted by Crippen LogP contribution is 2.25. The number of hydrogen-bond donors (Lipinski definition) is 2. The van der Waals surface area contributed by atoms with Crippen molar-refractivity contribution in [3.05, 3.63) is 57.6 Å². The molecule has 3 aromatic rings. The predicted octanol–water partition coefficient (Wildman–Crippen LogP) is 4.12. The average molecular weight is 400 g/mol. The van der Waals surface area contributed by atoms with Crippen molar-refractivity contribution in [3.63, 3.8) is 0 Å². The molecule has 0 atom stereocenters. The Balaban J connectivity index is 1.53. The molecule has 2 aromatic heterocycles. The van der Waals surface area contributed by atoms with E-state index in [2.05, 4.69) is 27.8 Å². The number of anilines is 1. The van der Waals surface area contributed by atoms with Gasteiger partial charge in [-0.05, 0) is 29.9 Å². The van der Waals surface area contributed by atoms with Gasteiger partial charge in [-0.25, -0.2) is 4.98 Å². The lowest BCUT2D eigenvalue weighted by molar-refractivity contribution is -0.119. The van der Waals surface area contributed by atoms with Crippen LogP contribution in [0.4, 0.5) is 5.13 Å². The average Bonchev–Trinajstić information content (AvgIpc) is 3.31. The van der Waals surface area contributed by atoms with Crippen molar-refractivity contribution in [2.24, 2.45) is 0 Å². The summed E-state index contributed by atoms with van der Waals surface area (Å²) in [4.78, 5) is 28.5. The van der Waals surface area contributed by atoms with Crippen LogP contribution in [0.5, 0.6) is 0 Å². The predicted molar refractivity (Wildman–Crippen MR) is 111 cm³/mol. The molecule has 27 heavy (non-hydrogen) atoms. The molecule has 0 aliphatic rings. The van der Waals surface area contributed by atoms with Crippen LogP contribution in [0.2, 0.25) is 0 Å². The normalized spacial score (nSPS) is 10.6. The molecule has 2 heterocycles. The van der Waals surface area contributed by atoms with Crippen LogP contribution in [0, 0.1) is 0 Å². The fourth-order valence-electron chi connectivity index (χ4n) is 2.60. The van der Waals surface area contributed by atoms with Crippen molar-refractivity contribution in [2.45, 2.75) is 26.2 Å². The lowest BCUT2D eigenvalue weighted by atomic mass is 10.1. The highest BCUT2D eigenvalue weighted by molar-refractivity contribution is 7.14. The first kappa shape index (κ1) is 19.3. The zero-order valence-corrected chi connectivity index (χ0v) is 16.7. The maximum atomic E-state index is 12.1. The number of hydrogen-bond acceptors (Lipinski definition) is 5. The Hall–Kier alpha value is -2.51. The smallest absolute Gasteiger partial charge is 0.231 e. The largest absolute Gasteiger partial charge is 0.356 e. The van der Waals surface area contributed by atoms with Crippen LogP contribution in [0.25, 0.3) is 11.3 Å². The molecule has 0 radical (unpaired) electrons. The van der Waals surface area contributed by atoms with E-state index >= 15 is 0 Å². The molecule has 7 heteroatoms. The number of nitrogens with zero attached hydrogens (tertiary/aromatic N) is 1. The van der Waals surface area contributed by atoms with Crippen LogP contribution in [0.1, 0.15) is 23.8 Å². The minimum absolute atomic E-state index is 0.00663. The number of nitrogens with one attached hydrogen (secondary N) is 2. The Morgan fingerprint density at radius 2 is 1.93 bits per heavy atom. The number of carbonyl (C=O) groups excluding carboxylic acids is 2.